The summed E-state index contributed by atoms with van der Waals surface area (Å²) in [4.78, 5) is 15.0. The summed E-state index contributed by atoms with van der Waals surface area (Å²) in [6.45, 7) is 4.82. The maximum Gasteiger partial charge on any atom is 0.255 e. The minimum atomic E-state index is 0.0420. The van der Waals surface area contributed by atoms with Crippen LogP contribution in [0.5, 0.6) is 5.75 Å². The van der Waals surface area contributed by atoms with E-state index in [1.54, 1.807) is 18.9 Å². The second-order valence-corrected chi connectivity index (χ2v) is 7.98. The highest BCUT2D eigenvalue weighted by molar-refractivity contribution is 9.10. The third-order valence-electron chi connectivity index (χ3n) is 4.23. The van der Waals surface area contributed by atoms with Gasteiger partial charge in [-0.3, -0.25) is 4.79 Å². The molecule has 126 valence electrons. The quantitative estimate of drug-likeness (QED) is 0.722. The summed E-state index contributed by atoms with van der Waals surface area (Å²) in [6.07, 6.45) is 0. The lowest BCUT2D eigenvalue weighted by atomic mass is 10.0. The number of rotatable bonds is 3. The molecule has 1 amide bonds. The van der Waals surface area contributed by atoms with Gasteiger partial charge >= 0.3 is 0 Å². The number of ether oxygens (including phenoxy) is 1. The van der Waals surface area contributed by atoms with Gasteiger partial charge in [-0.05, 0) is 59.1 Å². The van der Waals surface area contributed by atoms with E-state index in [1.807, 2.05) is 49.1 Å². The molecule has 24 heavy (non-hydrogen) atoms. The van der Waals surface area contributed by atoms with Gasteiger partial charge in [0, 0.05) is 17.9 Å². The van der Waals surface area contributed by atoms with Crippen molar-refractivity contribution in [3.8, 4) is 5.75 Å². The smallest absolute Gasteiger partial charge is 0.255 e. The van der Waals surface area contributed by atoms with Gasteiger partial charge in [-0.1, -0.05) is 23.8 Å². The number of nitrogens with zero attached hydrogens (tertiary/aromatic N) is 1. The molecule has 1 aliphatic rings. The van der Waals surface area contributed by atoms with Crippen LogP contribution in [0.4, 0.5) is 0 Å². The molecule has 0 saturated carbocycles. The van der Waals surface area contributed by atoms with Gasteiger partial charge in [0.05, 0.1) is 11.6 Å². The Balaban J connectivity index is 1.90. The van der Waals surface area contributed by atoms with E-state index in [-0.39, 0.29) is 11.3 Å². The standard InChI is InChI=1S/C19H20BrNO2S/c1-12-4-6-15(13(2)10-12)18(22)21-8-9-24-19(21)14-5-7-17(23-3)16(20)11-14/h4-7,10-11,19H,8-9H2,1-3H3. The van der Waals surface area contributed by atoms with Crippen LogP contribution in [-0.4, -0.2) is 30.2 Å². The fraction of sp³-hybridized carbons (Fsp3) is 0.316. The van der Waals surface area contributed by atoms with Crippen LogP contribution in [0.2, 0.25) is 0 Å². The second kappa shape index (κ2) is 7.19. The van der Waals surface area contributed by atoms with Crippen LogP contribution in [-0.2, 0) is 0 Å². The number of methoxy groups -OCH3 is 1. The zero-order chi connectivity index (χ0) is 17.3. The molecule has 0 spiro atoms. The SMILES string of the molecule is COc1ccc(C2SCCN2C(=O)c2ccc(C)cc2C)cc1Br. The first-order valence-corrected chi connectivity index (χ1v) is 9.68. The van der Waals surface area contributed by atoms with Gasteiger partial charge in [0.25, 0.3) is 5.91 Å². The van der Waals surface area contributed by atoms with E-state index in [1.165, 1.54) is 5.56 Å². The molecule has 1 unspecified atom stereocenters. The molecule has 1 fully saturated rings. The Labute approximate surface area is 155 Å². The highest BCUT2D eigenvalue weighted by atomic mass is 79.9. The molecule has 0 aliphatic carbocycles. The predicted octanol–water partition coefficient (Wildman–Crippen LogP) is 4.96. The fourth-order valence-corrected chi connectivity index (χ4v) is 4.80. The van der Waals surface area contributed by atoms with Crippen molar-refractivity contribution in [2.45, 2.75) is 19.2 Å². The van der Waals surface area contributed by atoms with E-state index in [0.29, 0.717) is 0 Å². The first-order chi connectivity index (χ1) is 11.5. The molecular formula is C19H20BrNO2S. The number of aryl methyl sites for hydroxylation is 2. The normalized spacial score (nSPS) is 17.2. The third kappa shape index (κ3) is 3.33. The van der Waals surface area contributed by atoms with E-state index in [9.17, 15) is 4.79 Å². The van der Waals surface area contributed by atoms with Gasteiger partial charge in [0.15, 0.2) is 0 Å². The highest BCUT2D eigenvalue weighted by Crippen LogP contribution is 2.41. The monoisotopic (exact) mass is 405 g/mol. The Morgan fingerprint density at radius 2 is 2.04 bits per heavy atom. The lowest BCUT2D eigenvalue weighted by molar-refractivity contribution is 0.0759. The molecule has 3 rings (SSSR count). The molecule has 3 nitrogen and oxygen atoms in total. The lowest BCUT2D eigenvalue weighted by Gasteiger charge is -2.25. The van der Waals surface area contributed by atoms with Crippen LogP contribution in [0.1, 0.15) is 32.4 Å². The van der Waals surface area contributed by atoms with Crippen molar-refractivity contribution in [1.82, 2.24) is 4.90 Å². The molecule has 1 heterocycles. The van der Waals surface area contributed by atoms with Gasteiger partial charge in [-0.25, -0.2) is 0 Å². The number of carbonyl (C=O) groups excluding carboxylic acids is 1. The molecule has 1 aliphatic heterocycles. The zero-order valence-corrected chi connectivity index (χ0v) is 16.4. The van der Waals surface area contributed by atoms with Crippen LogP contribution in [0, 0.1) is 13.8 Å². The Bertz CT molecular complexity index is 778. The Kier molecular flexibility index (Phi) is 5.21. The van der Waals surface area contributed by atoms with Crippen molar-refractivity contribution in [3.63, 3.8) is 0 Å². The van der Waals surface area contributed by atoms with Crippen molar-refractivity contribution in [2.24, 2.45) is 0 Å². The van der Waals surface area contributed by atoms with Crippen LogP contribution in [0.25, 0.3) is 0 Å². The summed E-state index contributed by atoms with van der Waals surface area (Å²) in [5.74, 6) is 1.86. The van der Waals surface area contributed by atoms with Gasteiger partial charge in [0.1, 0.15) is 11.1 Å². The van der Waals surface area contributed by atoms with E-state index in [4.69, 9.17) is 4.74 Å². The summed E-state index contributed by atoms with van der Waals surface area (Å²) in [5.41, 5.74) is 4.12. The molecule has 0 radical (unpaired) electrons. The molecule has 5 heteroatoms. The average molecular weight is 406 g/mol. The van der Waals surface area contributed by atoms with E-state index in [0.717, 1.165) is 39.2 Å². The molecule has 2 aromatic carbocycles. The third-order valence-corrected chi connectivity index (χ3v) is 6.11. The van der Waals surface area contributed by atoms with E-state index < -0.39 is 0 Å². The minimum absolute atomic E-state index is 0.0420. The summed E-state index contributed by atoms with van der Waals surface area (Å²) in [5, 5.41) is 0.0420. The number of thioether (sulfide) groups is 1. The van der Waals surface area contributed by atoms with Crippen molar-refractivity contribution < 1.29 is 9.53 Å². The topological polar surface area (TPSA) is 29.5 Å². The summed E-state index contributed by atoms with van der Waals surface area (Å²) < 4.78 is 6.21. The molecule has 1 saturated heterocycles. The van der Waals surface area contributed by atoms with Crippen molar-refractivity contribution in [3.05, 3.63) is 63.1 Å². The molecular weight excluding hydrogens is 386 g/mol. The summed E-state index contributed by atoms with van der Waals surface area (Å²) >= 11 is 5.34. The highest BCUT2D eigenvalue weighted by Gasteiger charge is 2.32. The predicted molar refractivity (Wildman–Crippen MR) is 103 cm³/mol. The fourth-order valence-electron chi connectivity index (χ4n) is 3.00. The average Bonchev–Trinajstić information content (AvgIpc) is 3.03. The molecule has 0 bridgehead atoms. The Hall–Kier alpha value is -1.46. The van der Waals surface area contributed by atoms with Gasteiger partial charge in [-0.15, -0.1) is 11.8 Å². The number of amides is 1. The maximum atomic E-state index is 13.0. The number of hydrogen-bond acceptors (Lipinski definition) is 3. The first-order valence-electron chi connectivity index (χ1n) is 7.84. The van der Waals surface area contributed by atoms with Crippen molar-refractivity contribution >= 4 is 33.6 Å². The van der Waals surface area contributed by atoms with Crippen LogP contribution in [0.15, 0.2) is 40.9 Å². The molecule has 0 aromatic heterocycles. The Morgan fingerprint density at radius 3 is 2.71 bits per heavy atom. The molecule has 0 N–H and O–H groups in total. The summed E-state index contributed by atoms with van der Waals surface area (Å²) in [6, 6.07) is 12.0. The number of carbonyl (C=O) groups is 1. The minimum Gasteiger partial charge on any atom is -0.496 e. The number of halogens is 1. The molecule has 1 atom stereocenters. The lowest BCUT2D eigenvalue weighted by Crippen LogP contribution is -2.31. The summed E-state index contributed by atoms with van der Waals surface area (Å²) in [7, 11) is 1.65. The van der Waals surface area contributed by atoms with Gasteiger partial charge in [-0.2, -0.15) is 0 Å². The Morgan fingerprint density at radius 1 is 1.25 bits per heavy atom. The largest absolute Gasteiger partial charge is 0.496 e. The van der Waals surface area contributed by atoms with Crippen LogP contribution >= 0.6 is 27.7 Å². The number of hydrogen-bond donors (Lipinski definition) is 0. The zero-order valence-electron chi connectivity index (χ0n) is 14.0. The first kappa shape index (κ1) is 17.4. The molecule has 2 aromatic rings. The second-order valence-electron chi connectivity index (χ2n) is 5.93. The van der Waals surface area contributed by atoms with E-state index >= 15 is 0 Å². The van der Waals surface area contributed by atoms with Gasteiger partial charge < -0.3 is 9.64 Å². The van der Waals surface area contributed by atoms with E-state index in [2.05, 4.69) is 22.0 Å². The number of benzene rings is 2. The maximum absolute atomic E-state index is 13.0. The van der Waals surface area contributed by atoms with Crippen LogP contribution in [0.3, 0.4) is 0 Å². The van der Waals surface area contributed by atoms with Crippen molar-refractivity contribution in [2.75, 3.05) is 19.4 Å². The van der Waals surface area contributed by atoms with Crippen molar-refractivity contribution in [1.29, 1.82) is 0 Å². The van der Waals surface area contributed by atoms with Crippen LogP contribution < -0.4 is 4.74 Å². The van der Waals surface area contributed by atoms with Gasteiger partial charge in [0.2, 0.25) is 0 Å².